The molecule has 1 fully saturated rings. The molecule has 0 aromatic heterocycles. The third-order valence-corrected chi connectivity index (χ3v) is 3.73. The molecule has 19 heavy (non-hydrogen) atoms. The van der Waals surface area contributed by atoms with Crippen molar-refractivity contribution in [2.45, 2.75) is 25.6 Å². The lowest BCUT2D eigenvalue weighted by molar-refractivity contribution is -0.137. The number of nitrogens with two attached hydrogens (primary N) is 1. The Morgan fingerprint density at radius 3 is 2.63 bits per heavy atom. The highest BCUT2D eigenvalue weighted by Crippen LogP contribution is 2.37. The molecule has 0 saturated carbocycles. The molecule has 3 nitrogen and oxygen atoms in total. The number of nitrogens with zero attached hydrogens (tertiary/aromatic N) is 1. The lowest BCUT2D eigenvalue weighted by atomic mass is 10.0. The van der Waals surface area contributed by atoms with Gasteiger partial charge >= 0.3 is 6.18 Å². The standard InChI is InChI=1S/C13H17F3N2O/c1-8-4-5-18(12(8)7-19)11-3-2-9(6-10(11)17)13(14,15)16/h2-3,6,8,12,19H,4-5,7,17H2,1H3. The van der Waals surface area contributed by atoms with E-state index >= 15 is 0 Å². The quantitative estimate of drug-likeness (QED) is 0.815. The van der Waals surface area contributed by atoms with Gasteiger partial charge in [-0.25, -0.2) is 0 Å². The number of rotatable bonds is 2. The van der Waals surface area contributed by atoms with Crippen LogP contribution in [-0.4, -0.2) is 24.3 Å². The van der Waals surface area contributed by atoms with Gasteiger partial charge in [0, 0.05) is 6.54 Å². The first-order chi connectivity index (χ1) is 8.84. The van der Waals surface area contributed by atoms with Crippen molar-refractivity contribution in [2.75, 3.05) is 23.8 Å². The summed E-state index contributed by atoms with van der Waals surface area (Å²) in [4.78, 5) is 1.89. The predicted molar refractivity (Wildman–Crippen MR) is 67.9 cm³/mol. The van der Waals surface area contributed by atoms with Gasteiger partial charge in [0.1, 0.15) is 0 Å². The summed E-state index contributed by atoms with van der Waals surface area (Å²) in [6.45, 7) is 2.69. The van der Waals surface area contributed by atoms with Crippen LogP contribution in [-0.2, 0) is 6.18 Å². The van der Waals surface area contributed by atoms with Gasteiger partial charge in [0.2, 0.25) is 0 Å². The fourth-order valence-corrected chi connectivity index (χ4v) is 2.58. The van der Waals surface area contributed by atoms with Gasteiger partial charge in [-0.2, -0.15) is 13.2 Å². The summed E-state index contributed by atoms with van der Waals surface area (Å²) >= 11 is 0. The summed E-state index contributed by atoms with van der Waals surface area (Å²) in [5, 5.41) is 9.38. The molecule has 0 bridgehead atoms. The first-order valence-corrected chi connectivity index (χ1v) is 6.19. The van der Waals surface area contributed by atoms with Crippen molar-refractivity contribution in [3.05, 3.63) is 23.8 Å². The molecule has 0 spiro atoms. The molecule has 1 aliphatic heterocycles. The van der Waals surface area contributed by atoms with Gasteiger partial charge in [-0.1, -0.05) is 6.92 Å². The minimum atomic E-state index is -4.39. The maximum Gasteiger partial charge on any atom is 0.416 e. The fraction of sp³-hybridized carbons (Fsp3) is 0.538. The molecule has 6 heteroatoms. The number of alkyl halides is 3. The molecule has 106 valence electrons. The van der Waals surface area contributed by atoms with Crippen molar-refractivity contribution < 1.29 is 18.3 Å². The van der Waals surface area contributed by atoms with E-state index in [0.29, 0.717) is 18.2 Å². The molecule has 1 saturated heterocycles. The normalized spacial score (nSPS) is 23.9. The third-order valence-electron chi connectivity index (χ3n) is 3.73. The zero-order valence-corrected chi connectivity index (χ0v) is 10.6. The highest BCUT2D eigenvalue weighted by atomic mass is 19.4. The first kappa shape index (κ1) is 14.0. The fourth-order valence-electron chi connectivity index (χ4n) is 2.58. The summed E-state index contributed by atoms with van der Waals surface area (Å²) < 4.78 is 37.7. The van der Waals surface area contributed by atoms with Crippen molar-refractivity contribution in [3.63, 3.8) is 0 Å². The molecule has 1 aromatic rings. The zero-order valence-electron chi connectivity index (χ0n) is 10.6. The van der Waals surface area contributed by atoms with E-state index in [-0.39, 0.29) is 18.3 Å². The van der Waals surface area contributed by atoms with Crippen LogP contribution >= 0.6 is 0 Å². The topological polar surface area (TPSA) is 49.5 Å². The van der Waals surface area contributed by atoms with Crippen molar-refractivity contribution in [1.29, 1.82) is 0 Å². The molecule has 2 atom stereocenters. The molecule has 1 aromatic carbocycles. The molecule has 0 radical (unpaired) electrons. The van der Waals surface area contributed by atoms with E-state index < -0.39 is 11.7 Å². The maximum atomic E-state index is 12.6. The molecule has 1 heterocycles. The summed E-state index contributed by atoms with van der Waals surface area (Å²) in [6.07, 6.45) is -3.49. The summed E-state index contributed by atoms with van der Waals surface area (Å²) in [7, 11) is 0. The molecule has 1 aliphatic rings. The van der Waals surface area contributed by atoms with Crippen LogP contribution in [0.3, 0.4) is 0 Å². The summed E-state index contributed by atoms with van der Waals surface area (Å²) in [6, 6.07) is 3.29. The molecule has 3 N–H and O–H groups in total. The number of hydrogen-bond acceptors (Lipinski definition) is 3. The van der Waals surface area contributed by atoms with Crippen molar-refractivity contribution in [1.82, 2.24) is 0 Å². The Morgan fingerprint density at radius 2 is 2.11 bits per heavy atom. The van der Waals surface area contributed by atoms with E-state index in [4.69, 9.17) is 5.73 Å². The van der Waals surface area contributed by atoms with Crippen LogP contribution in [0.25, 0.3) is 0 Å². The number of aliphatic hydroxyl groups is 1. The molecular weight excluding hydrogens is 257 g/mol. The lowest BCUT2D eigenvalue weighted by Gasteiger charge is -2.28. The smallest absolute Gasteiger partial charge is 0.397 e. The van der Waals surface area contributed by atoms with E-state index in [0.717, 1.165) is 18.6 Å². The Balaban J connectivity index is 2.32. The average molecular weight is 274 g/mol. The number of hydrogen-bond donors (Lipinski definition) is 2. The first-order valence-electron chi connectivity index (χ1n) is 6.19. The minimum absolute atomic E-state index is 0.0262. The van der Waals surface area contributed by atoms with Crippen molar-refractivity contribution >= 4 is 11.4 Å². The average Bonchev–Trinajstić information content (AvgIpc) is 2.69. The van der Waals surface area contributed by atoms with Crippen LogP contribution in [0.15, 0.2) is 18.2 Å². The Morgan fingerprint density at radius 1 is 1.42 bits per heavy atom. The van der Waals surface area contributed by atoms with E-state index in [2.05, 4.69) is 0 Å². The number of benzene rings is 1. The summed E-state index contributed by atoms with van der Waals surface area (Å²) in [5.41, 5.74) is 5.65. The highest BCUT2D eigenvalue weighted by molar-refractivity contribution is 5.69. The summed E-state index contributed by atoms with van der Waals surface area (Å²) in [5.74, 6) is 0.298. The van der Waals surface area contributed by atoms with Crippen LogP contribution in [0, 0.1) is 5.92 Å². The second-order valence-electron chi connectivity index (χ2n) is 4.98. The van der Waals surface area contributed by atoms with Gasteiger partial charge in [0.25, 0.3) is 0 Å². The monoisotopic (exact) mass is 274 g/mol. The van der Waals surface area contributed by atoms with E-state index in [9.17, 15) is 18.3 Å². The third kappa shape index (κ3) is 2.63. The Kier molecular flexibility index (Phi) is 3.62. The molecule has 0 aliphatic carbocycles. The molecule has 2 unspecified atom stereocenters. The van der Waals surface area contributed by atoms with E-state index in [1.165, 1.54) is 6.07 Å². The number of nitrogen functional groups attached to an aromatic ring is 1. The van der Waals surface area contributed by atoms with Gasteiger partial charge in [-0.3, -0.25) is 0 Å². The van der Waals surface area contributed by atoms with Crippen LogP contribution in [0.5, 0.6) is 0 Å². The van der Waals surface area contributed by atoms with Gasteiger partial charge in [-0.15, -0.1) is 0 Å². The van der Waals surface area contributed by atoms with Crippen LogP contribution in [0.1, 0.15) is 18.9 Å². The van der Waals surface area contributed by atoms with E-state index in [1.54, 1.807) is 0 Å². The Hall–Kier alpha value is -1.43. The number of aliphatic hydroxyl groups excluding tert-OH is 1. The number of halogens is 3. The lowest BCUT2D eigenvalue weighted by Crippen LogP contribution is -2.35. The van der Waals surface area contributed by atoms with Crippen LogP contribution < -0.4 is 10.6 Å². The SMILES string of the molecule is CC1CCN(c2ccc(C(F)(F)F)cc2N)C1CO. The van der Waals surface area contributed by atoms with Crippen molar-refractivity contribution in [3.8, 4) is 0 Å². The minimum Gasteiger partial charge on any atom is -0.397 e. The largest absolute Gasteiger partial charge is 0.416 e. The molecule has 2 rings (SSSR count). The Bertz CT molecular complexity index is 462. The second-order valence-corrected chi connectivity index (χ2v) is 4.98. The predicted octanol–water partition coefficient (Wildman–Crippen LogP) is 2.49. The molecular formula is C13H17F3N2O. The maximum absolute atomic E-state index is 12.6. The van der Waals surface area contributed by atoms with Crippen LogP contribution in [0.2, 0.25) is 0 Å². The van der Waals surface area contributed by atoms with Gasteiger partial charge in [0.15, 0.2) is 0 Å². The zero-order chi connectivity index (χ0) is 14.2. The second kappa shape index (κ2) is 4.92. The van der Waals surface area contributed by atoms with Crippen molar-refractivity contribution in [2.24, 2.45) is 5.92 Å². The highest BCUT2D eigenvalue weighted by Gasteiger charge is 2.34. The Labute approximate surface area is 109 Å². The molecule has 0 amide bonds. The van der Waals surface area contributed by atoms with Gasteiger partial charge in [-0.05, 0) is 30.5 Å². The van der Waals surface area contributed by atoms with Gasteiger partial charge < -0.3 is 15.7 Å². The van der Waals surface area contributed by atoms with Crippen LogP contribution in [0.4, 0.5) is 24.5 Å². The van der Waals surface area contributed by atoms with Gasteiger partial charge in [0.05, 0.1) is 29.6 Å². The van der Waals surface area contributed by atoms with E-state index in [1.807, 2.05) is 11.8 Å². The number of anilines is 2.